The topological polar surface area (TPSA) is 3.24 Å². The molecule has 1 nitrogen and oxygen atoms in total. The molecular weight excluding hydrogens is 206 g/mol. The number of hydrogen-bond donors (Lipinski definition) is 0. The lowest BCUT2D eigenvalue weighted by molar-refractivity contribution is 0.296. The van der Waals surface area contributed by atoms with Gasteiger partial charge in [0.25, 0.3) is 0 Å². The first kappa shape index (κ1) is 12.7. The third-order valence-electron chi connectivity index (χ3n) is 3.85. The molecule has 1 unspecified atom stereocenters. The number of rotatable bonds is 2. The van der Waals surface area contributed by atoms with Gasteiger partial charge in [0, 0.05) is 18.8 Å². The lowest BCUT2D eigenvalue weighted by atomic mass is 9.98. The Morgan fingerprint density at radius 2 is 1.94 bits per heavy atom. The maximum atomic E-state index is 2.60. The minimum atomic E-state index is 0.684. The molecule has 2 rings (SSSR count). The molecule has 1 saturated heterocycles. The molecular formula is C16H27N. The maximum absolute atomic E-state index is 2.60. The zero-order valence-electron chi connectivity index (χ0n) is 11.5. The molecule has 0 saturated carbocycles. The summed E-state index contributed by atoms with van der Waals surface area (Å²) in [6, 6.07) is 0.684. The molecule has 0 spiro atoms. The summed E-state index contributed by atoms with van der Waals surface area (Å²) >= 11 is 0. The van der Waals surface area contributed by atoms with Gasteiger partial charge in [-0.1, -0.05) is 51.7 Å². The lowest BCUT2D eigenvalue weighted by Gasteiger charge is -2.32. The first-order chi connectivity index (χ1) is 8.25. The minimum absolute atomic E-state index is 0.684. The van der Waals surface area contributed by atoms with E-state index in [-0.39, 0.29) is 0 Å². The Bertz CT molecular complexity index is 288. The molecule has 1 heteroatoms. The second kappa shape index (κ2) is 6.28. The SMILES string of the molecule is CC(C)CC1=CN2CCCCCCCC2C=C1. The van der Waals surface area contributed by atoms with E-state index >= 15 is 0 Å². The number of hydrogen-bond acceptors (Lipinski definition) is 1. The van der Waals surface area contributed by atoms with Gasteiger partial charge in [0.1, 0.15) is 0 Å². The fourth-order valence-corrected chi connectivity index (χ4v) is 2.96. The van der Waals surface area contributed by atoms with E-state index < -0.39 is 0 Å². The first-order valence-electron chi connectivity index (χ1n) is 7.40. The van der Waals surface area contributed by atoms with Gasteiger partial charge in [0.15, 0.2) is 0 Å². The Kier molecular flexibility index (Phi) is 4.70. The van der Waals surface area contributed by atoms with Crippen molar-refractivity contribution in [3.05, 3.63) is 23.9 Å². The van der Waals surface area contributed by atoms with Crippen LogP contribution in [0.15, 0.2) is 23.9 Å². The highest BCUT2D eigenvalue weighted by Crippen LogP contribution is 2.24. The van der Waals surface area contributed by atoms with Crippen molar-refractivity contribution in [2.75, 3.05) is 6.54 Å². The predicted molar refractivity (Wildman–Crippen MR) is 74.9 cm³/mol. The second-order valence-electron chi connectivity index (χ2n) is 6.02. The number of nitrogens with zero attached hydrogens (tertiary/aromatic N) is 1. The van der Waals surface area contributed by atoms with E-state index in [1.165, 1.54) is 57.1 Å². The molecule has 0 aromatic rings. The number of allylic oxidation sites excluding steroid dienone is 2. The first-order valence-corrected chi connectivity index (χ1v) is 7.40. The van der Waals surface area contributed by atoms with Gasteiger partial charge in [-0.2, -0.15) is 0 Å². The van der Waals surface area contributed by atoms with Crippen molar-refractivity contribution in [1.82, 2.24) is 4.90 Å². The average Bonchev–Trinajstić information content (AvgIpc) is 2.39. The number of fused-ring (bicyclic) bond motifs is 1. The summed E-state index contributed by atoms with van der Waals surface area (Å²) in [5, 5.41) is 0. The molecule has 2 aliphatic rings. The van der Waals surface area contributed by atoms with Crippen molar-refractivity contribution in [3.63, 3.8) is 0 Å². The summed E-state index contributed by atoms with van der Waals surface area (Å²) in [4.78, 5) is 2.60. The van der Waals surface area contributed by atoms with Crippen LogP contribution < -0.4 is 0 Å². The van der Waals surface area contributed by atoms with Crippen LogP contribution in [0.2, 0.25) is 0 Å². The van der Waals surface area contributed by atoms with Gasteiger partial charge in [-0.05, 0) is 30.8 Å². The van der Waals surface area contributed by atoms with Gasteiger partial charge in [-0.15, -0.1) is 0 Å². The summed E-state index contributed by atoms with van der Waals surface area (Å²) in [5.41, 5.74) is 1.52. The Hall–Kier alpha value is -0.720. The quantitative estimate of drug-likeness (QED) is 0.678. The van der Waals surface area contributed by atoms with Crippen molar-refractivity contribution in [2.24, 2.45) is 5.92 Å². The van der Waals surface area contributed by atoms with Crippen molar-refractivity contribution >= 4 is 0 Å². The van der Waals surface area contributed by atoms with Crippen LogP contribution >= 0.6 is 0 Å². The van der Waals surface area contributed by atoms with Crippen LogP contribution in [-0.2, 0) is 0 Å². The molecule has 1 atom stereocenters. The Morgan fingerprint density at radius 1 is 1.18 bits per heavy atom. The van der Waals surface area contributed by atoms with E-state index in [1.54, 1.807) is 0 Å². The van der Waals surface area contributed by atoms with E-state index in [9.17, 15) is 0 Å². The van der Waals surface area contributed by atoms with Gasteiger partial charge in [0.2, 0.25) is 0 Å². The van der Waals surface area contributed by atoms with Crippen LogP contribution in [0.4, 0.5) is 0 Å². The molecule has 1 fully saturated rings. The summed E-state index contributed by atoms with van der Waals surface area (Å²) in [6.45, 7) is 5.87. The van der Waals surface area contributed by atoms with Crippen LogP contribution in [0.3, 0.4) is 0 Å². The second-order valence-corrected chi connectivity index (χ2v) is 6.02. The average molecular weight is 233 g/mol. The standard InChI is InChI=1S/C16H27N/c1-14(2)12-15-9-10-16-8-6-4-3-5-7-11-17(16)13-15/h9-10,13-14,16H,3-8,11-12H2,1-2H3. The normalized spacial score (nSPS) is 25.9. The summed E-state index contributed by atoms with van der Waals surface area (Å²) < 4.78 is 0. The van der Waals surface area contributed by atoms with Crippen LogP contribution in [0.1, 0.15) is 58.8 Å². The maximum Gasteiger partial charge on any atom is 0.0470 e. The van der Waals surface area contributed by atoms with Crippen molar-refractivity contribution in [1.29, 1.82) is 0 Å². The third-order valence-corrected chi connectivity index (χ3v) is 3.85. The third kappa shape index (κ3) is 3.90. The molecule has 0 aromatic carbocycles. The fraction of sp³-hybridized carbons (Fsp3) is 0.750. The van der Waals surface area contributed by atoms with E-state index in [1.807, 2.05) is 0 Å². The molecule has 0 aromatic heterocycles. The lowest BCUT2D eigenvalue weighted by Crippen LogP contribution is -2.32. The highest BCUT2D eigenvalue weighted by atomic mass is 15.1. The summed E-state index contributed by atoms with van der Waals surface area (Å²) in [5.74, 6) is 0.764. The van der Waals surface area contributed by atoms with E-state index in [4.69, 9.17) is 0 Å². The predicted octanol–water partition coefficient (Wildman–Crippen LogP) is 4.51. The van der Waals surface area contributed by atoms with Crippen LogP contribution in [0.5, 0.6) is 0 Å². The summed E-state index contributed by atoms with van der Waals surface area (Å²) in [7, 11) is 0. The Labute approximate surface area is 107 Å². The van der Waals surface area contributed by atoms with Gasteiger partial charge < -0.3 is 4.90 Å². The molecule has 0 N–H and O–H groups in total. The Balaban J connectivity index is 2.00. The summed E-state index contributed by atoms with van der Waals surface area (Å²) in [6.07, 6.45) is 16.9. The van der Waals surface area contributed by atoms with Gasteiger partial charge in [-0.25, -0.2) is 0 Å². The van der Waals surface area contributed by atoms with Crippen LogP contribution in [0, 0.1) is 5.92 Å². The van der Waals surface area contributed by atoms with Crippen molar-refractivity contribution < 1.29 is 0 Å². The molecule has 0 radical (unpaired) electrons. The molecule has 0 aliphatic carbocycles. The van der Waals surface area contributed by atoms with Crippen LogP contribution in [0.25, 0.3) is 0 Å². The largest absolute Gasteiger partial charge is 0.371 e. The zero-order chi connectivity index (χ0) is 12.1. The molecule has 2 aliphatic heterocycles. The smallest absolute Gasteiger partial charge is 0.0470 e. The van der Waals surface area contributed by atoms with Crippen molar-refractivity contribution in [2.45, 2.75) is 64.8 Å². The zero-order valence-corrected chi connectivity index (χ0v) is 11.5. The fourth-order valence-electron chi connectivity index (χ4n) is 2.96. The van der Waals surface area contributed by atoms with E-state index in [0.29, 0.717) is 6.04 Å². The molecule has 0 amide bonds. The molecule has 2 heterocycles. The van der Waals surface area contributed by atoms with E-state index in [2.05, 4.69) is 37.1 Å². The Morgan fingerprint density at radius 3 is 2.76 bits per heavy atom. The van der Waals surface area contributed by atoms with Gasteiger partial charge in [0.05, 0.1) is 0 Å². The monoisotopic (exact) mass is 233 g/mol. The molecule has 0 bridgehead atoms. The van der Waals surface area contributed by atoms with Gasteiger partial charge in [-0.3, -0.25) is 0 Å². The highest BCUT2D eigenvalue weighted by molar-refractivity contribution is 5.25. The van der Waals surface area contributed by atoms with Crippen molar-refractivity contribution in [3.8, 4) is 0 Å². The van der Waals surface area contributed by atoms with E-state index in [0.717, 1.165) is 5.92 Å². The molecule has 17 heavy (non-hydrogen) atoms. The van der Waals surface area contributed by atoms with Crippen LogP contribution in [-0.4, -0.2) is 17.5 Å². The highest BCUT2D eigenvalue weighted by Gasteiger charge is 2.17. The van der Waals surface area contributed by atoms with Gasteiger partial charge >= 0.3 is 0 Å². The minimum Gasteiger partial charge on any atom is -0.371 e. The molecule has 96 valence electrons.